The van der Waals surface area contributed by atoms with E-state index >= 15 is 4.39 Å². The van der Waals surface area contributed by atoms with Crippen molar-refractivity contribution < 1.29 is 41.8 Å². The summed E-state index contributed by atoms with van der Waals surface area (Å²) in [6, 6.07) is 10.9. The molecule has 0 radical (unpaired) electrons. The maximum Gasteiger partial charge on any atom is 0.459 e. The standard InChI is InChI=1S/C26H31F2N4O8P/c1-14(2)38-23(34)15(3)31-41(36,40-19-11-7-9-16-8-5-6-10-17(16)19)37-13-20-21(33)26(4,28)24(39-20)32-12-18(27)22(29)30-25(32)35/h5-12,14-15,20-21,24,33H,13H2,1-4H3,(H,31,36)(H2,29,30,35)/t15-,20-,21-,24?,26-,41-/m1/s1. The molecule has 1 fully saturated rings. The zero-order valence-corrected chi connectivity index (χ0v) is 23.6. The Morgan fingerprint density at radius 2 is 1.95 bits per heavy atom. The number of aromatic nitrogens is 2. The van der Waals surface area contributed by atoms with E-state index in [-0.39, 0.29) is 5.75 Å². The molecule has 0 saturated carbocycles. The lowest BCUT2D eigenvalue weighted by atomic mass is 9.98. The van der Waals surface area contributed by atoms with Gasteiger partial charge in [0, 0.05) is 5.39 Å². The van der Waals surface area contributed by atoms with E-state index in [0.717, 1.165) is 12.3 Å². The summed E-state index contributed by atoms with van der Waals surface area (Å²) < 4.78 is 66.3. The summed E-state index contributed by atoms with van der Waals surface area (Å²) in [4.78, 5) is 28.1. The molecular formula is C26H31F2N4O8P. The number of hydrogen-bond donors (Lipinski definition) is 3. The first-order valence-electron chi connectivity index (χ1n) is 12.7. The van der Waals surface area contributed by atoms with Gasteiger partial charge in [0.1, 0.15) is 24.0 Å². The average Bonchev–Trinajstić information content (AvgIpc) is 3.13. The van der Waals surface area contributed by atoms with Crippen LogP contribution in [-0.2, 0) is 23.4 Å². The Morgan fingerprint density at radius 1 is 1.27 bits per heavy atom. The van der Waals surface area contributed by atoms with E-state index in [9.17, 15) is 23.7 Å². The summed E-state index contributed by atoms with van der Waals surface area (Å²) in [7, 11) is -4.46. The second kappa shape index (κ2) is 11.8. The Balaban J connectivity index is 1.60. The highest BCUT2D eigenvalue weighted by molar-refractivity contribution is 7.52. The summed E-state index contributed by atoms with van der Waals surface area (Å²) in [5.74, 6) is -2.37. The normalized spacial score (nSPS) is 24.7. The number of nitrogens with zero attached hydrogens (tertiary/aromatic N) is 2. The molecular weight excluding hydrogens is 565 g/mol. The van der Waals surface area contributed by atoms with Crippen LogP contribution >= 0.6 is 7.75 Å². The number of nitrogen functional groups attached to an aromatic ring is 1. The molecule has 1 unspecified atom stereocenters. The number of benzene rings is 2. The van der Waals surface area contributed by atoms with Gasteiger partial charge >= 0.3 is 19.4 Å². The van der Waals surface area contributed by atoms with Crippen LogP contribution in [0.4, 0.5) is 14.6 Å². The topological polar surface area (TPSA) is 164 Å². The fourth-order valence-electron chi connectivity index (χ4n) is 4.27. The molecule has 1 aliphatic rings. The lowest BCUT2D eigenvalue weighted by molar-refractivity contribution is -0.149. The Hall–Kier alpha value is -3.42. The number of carbonyl (C=O) groups excluding carboxylic acids is 1. The number of halogens is 2. The molecule has 0 bridgehead atoms. The molecule has 2 heterocycles. The molecule has 0 spiro atoms. The highest BCUT2D eigenvalue weighted by Crippen LogP contribution is 2.48. The van der Waals surface area contributed by atoms with Gasteiger partial charge in [-0.05, 0) is 39.1 Å². The van der Waals surface area contributed by atoms with Gasteiger partial charge in [0.05, 0.1) is 18.9 Å². The number of rotatable bonds is 10. The molecule has 12 nitrogen and oxygen atoms in total. The third-order valence-corrected chi connectivity index (χ3v) is 7.97. The number of aliphatic hydroxyl groups excluding tert-OH is 1. The van der Waals surface area contributed by atoms with Crippen molar-refractivity contribution in [2.45, 2.75) is 63.9 Å². The van der Waals surface area contributed by atoms with Crippen molar-refractivity contribution in [3.63, 3.8) is 0 Å². The van der Waals surface area contributed by atoms with Crippen LogP contribution in [0.15, 0.2) is 53.5 Å². The Labute approximate surface area is 234 Å². The number of hydrogen-bond acceptors (Lipinski definition) is 10. The summed E-state index contributed by atoms with van der Waals surface area (Å²) in [6.07, 6.45) is -5.10. The third-order valence-electron chi connectivity index (χ3n) is 6.34. The Kier molecular flexibility index (Phi) is 8.81. The average molecular weight is 597 g/mol. The van der Waals surface area contributed by atoms with Crippen molar-refractivity contribution in [1.82, 2.24) is 14.6 Å². The molecule has 1 saturated heterocycles. The fourth-order valence-corrected chi connectivity index (χ4v) is 5.79. The van der Waals surface area contributed by atoms with Gasteiger partial charge in [-0.3, -0.25) is 13.9 Å². The lowest BCUT2D eigenvalue weighted by Gasteiger charge is -2.26. The number of anilines is 1. The van der Waals surface area contributed by atoms with Crippen LogP contribution in [0.2, 0.25) is 0 Å². The number of carbonyl (C=O) groups is 1. The minimum absolute atomic E-state index is 0.152. The second-order valence-corrected chi connectivity index (χ2v) is 11.7. The van der Waals surface area contributed by atoms with E-state index in [0.29, 0.717) is 16.2 Å². The van der Waals surface area contributed by atoms with Crippen LogP contribution < -0.4 is 21.0 Å². The summed E-state index contributed by atoms with van der Waals surface area (Å²) in [5.41, 5.74) is 1.55. The minimum atomic E-state index is -4.46. The van der Waals surface area contributed by atoms with E-state index < -0.39 is 73.9 Å². The van der Waals surface area contributed by atoms with Crippen LogP contribution in [0, 0.1) is 5.82 Å². The maximum absolute atomic E-state index is 15.6. The molecule has 0 amide bonds. The van der Waals surface area contributed by atoms with Crippen molar-refractivity contribution >= 4 is 30.3 Å². The molecule has 41 heavy (non-hydrogen) atoms. The van der Waals surface area contributed by atoms with Gasteiger partial charge in [0.15, 0.2) is 23.5 Å². The predicted octanol–water partition coefficient (Wildman–Crippen LogP) is 3.24. The van der Waals surface area contributed by atoms with Gasteiger partial charge in [-0.15, -0.1) is 0 Å². The molecule has 3 aromatic rings. The Bertz CT molecular complexity index is 1530. The fraction of sp³-hybridized carbons (Fsp3) is 0.423. The predicted molar refractivity (Wildman–Crippen MR) is 144 cm³/mol. The van der Waals surface area contributed by atoms with Crippen LogP contribution in [0.3, 0.4) is 0 Å². The number of esters is 1. The van der Waals surface area contributed by atoms with Gasteiger partial charge in [-0.1, -0.05) is 36.4 Å². The first-order chi connectivity index (χ1) is 19.2. The first kappa shape index (κ1) is 30.5. The summed E-state index contributed by atoms with van der Waals surface area (Å²) >= 11 is 0. The van der Waals surface area contributed by atoms with Crippen molar-refractivity contribution in [2.24, 2.45) is 0 Å². The van der Waals surface area contributed by atoms with Crippen LogP contribution in [-0.4, -0.2) is 57.3 Å². The highest BCUT2D eigenvalue weighted by Gasteiger charge is 2.56. The van der Waals surface area contributed by atoms with Gasteiger partial charge < -0.3 is 24.8 Å². The molecule has 1 aromatic heterocycles. The van der Waals surface area contributed by atoms with Crippen molar-refractivity contribution in [3.8, 4) is 5.75 Å². The molecule has 222 valence electrons. The van der Waals surface area contributed by atoms with Crippen molar-refractivity contribution in [2.75, 3.05) is 12.3 Å². The minimum Gasteiger partial charge on any atom is -0.462 e. The molecule has 6 atom stereocenters. The number of aliphatic hydroxyl groups is 1. The molecule has 4 N–H and O–H groups in total. The van der Waals surface area contributed by atoms with Gasteiger partial charge in [-0.2, -0.15) is 10.1 Å². The molecule has 2 aromatic carbocycles. The maximum atomic E-state index is 15.6. The first-order valence-corrected chi connectivity index (χ1v) is 14.2. The number of nitrogens with two attached hydrogens (primary N) is 1. The summed E-state index contributed by atoms with van der Waals surface area (Å²) in [6.45, 7) is 4.89. The number of nitrogens with one attached hydrogen (secondary N) is 1. The number of fused-ring (bicyclic) bond motifs is 1. The lowest BCUT2D eigenvalue weighted by Crippen LogP contribution is -2.43. The van der Waals surface area contributed by atoms with Crippen LogP contribution in [0.1, 0.15) is 33.9 Å². The quantitative estimate of drug-likeness (QED) is 0.232. The molecule has 1 aliphatic heterocycles. The van der Waals surface area contributed by atoms with Crippen molar-refractivity contribution in [3.05, 3.63) is 65.0 Å². The zero-order chi connectivity index (χ0) is 30.1. The van der Waals surface area contributed by atoms with E-state index in [2.05, 4.69) is 10.1 Å². The van der Waals surface area contributed by atoms with E-state index in [4.69, 9.17) is 24.3 Å². The SMILES string of the molecule is CC(C)OC(=O)[C@@H](C)N[P@@](=O)(OC[C@H]1OC(n2cc(F)c(N)nc2=O)[C@](C)(F)[C@@H]1O)Oc1cccc2ccccc12. The summed E-state index contributed by atoms with van der Waals surface area (Å²) in [5, 5.41) is 14.6. The largest absolute Gasteiger partial charge is 0.462 e. The monoisotopic (exact) mass is 596 g/mol. The zero-order valence-electron chi connectivity index (χ0n) is 22.7. The van der Waals surface area contributed by atoms with Gasteiger partial charge in [-0.25, -0.2) is 18.1 Å². The van der Waals surface area contributed by atoms with Crippen LogP contribution in [0.25, 0.3) is 10.8 Å². The van der Waals surface area contributed by atoms with Gasteiger partial charge in [0.2, 0.25) is 0 Å². The van der Waals surface area contributed by atoms with Crippen LogP contribution in [0.5, 0.6) is 5.75 Å². The van der Waals surface area contributed by atoms with E-state index in [1.807, 2.05) is 12.1 Å². The number of alkyl halides is 1. The molecule has 15 heteroatoms. The van der Waals surface area contributed by atoms with Crippen molar-refractivity contribution in [1.29, 1.82) is 0 Å². The molecule has 0 aliphatic carbocycles. The number of ether oxygens (including phenoxy) is 2. The van der Waals surface area contributed by atoms with Gasteiger partial charge in [0.25, 0.3) is 0 Å². The van der Waals surface area contributed by atoms with E-state index in [1.165, 1.54) is 6.92 Å². The smallest absolute Gasteiger partial charge is 0.459 e. The second-order valence-electron chi connectivity index (χ2n) is 9.99. The molecule has 4 rings (SSSR count). The highest BCUT2D eigenvalue weighted by atomic mass is 31.2. The Morgan fingerprint density at radius 3 is 2.66 bits per heavy atom. The van der Waals surface area contributed by atoms with E-state index in [1.54, 1.807) is 44.2 Å². The third kappa shape index (κ3) is 6.57.